The zero-order valence-electron chi connectivity index (χ0n) is 13.7. The third-order valence-electron chi connectivity index (χ3n) is 3.95. The summed E-state index contributed by atoms with van der Waals surface area (Å²) in [5.74, 6) is -0.373. The molecule has 2 rings (SSSR count). The summed E-state index contributed by atoms with van der Waals surface area (Å²) in [4.78, 5) is 37.1. The molecule has 1 saturated heterocycles. The van der Waals surface area contributed by atoms with E-state index < -0.39 is 18.0 Å². The molecule has 1 aliphatic heterocycles. The van der Waals surface area contributed by atoms with Gasteiger partial charge in [-0.25, -0.2) is 0 Å². The van der Waals surface area contributed by atoms with E-state index in [1.807, 2.05) is 18.2 Å². The minimum Gasteiger partial charge on any atom is -0.493 e. The van der Waals surface area contributed by atoms with Crippen molar-refractivity contribution in [3.63, 3.8) is 0 Å². The zero-order valence-corrected chi connectivity index (χ0v) is 13.7. The van der Waals surface area contributed by atoms with Crippen LogP contribution in [0.4, 0.5) is 0 Å². The number of rotatable bonds is 7. The summed E-state index contributed by atoms with van der Waals surface area (Å²) < 4.78 is 5.45. The van der Waals surface area contributed by atoms with E-state index in [0.717, 1.165) is 6.42 Å². The van der Waals surface area contributed by atoms with Crippen LogP contribution in [-0.4, -0.2) is 47.9 Å². The average Bonchev–Trinajstić information content (AvgIpc) is 3.05. The second kappa shape index (κ2) is 8.33. The van der Waals surface area contributed by atoms with E-state index in [-0.39, 0.29) is 24.8 Å². The number of nitrogens with two attached hydrogens (primary N) is 1. The molecule has 1 heterocycles. The molecule has 7 heteroatoms. The molecular weight excluding hydrogens is 310 g/mol. The number of hydrogen-bond acceptors (Lipinski definition) is 4. The molecule has 1 unspecified atom stereocenters. The Kier molecular flexibility index (Phi) is 6.17. The van der Waals surface area contributed by atoms with Crippen LogP contribution in [0, 0.1) is 0 Å². The van der Waals surface area contributed by atoms with Crippen molar-refractivity contribution in [1.82, 2.24) is 10.2 Å². The van der Waals surface area contributed by atoms with Crippen LogP contribution in [-0.2, 0) is 14.4 Å². The Morgan fingerprint density at radius 3 is 2.71 bits per heavy atom. The van der Waals surface area contributed by atoms with Gasteiger partial charge in [0.05, 0.1) is 13.0 Å². The fraction of sp³-hybridized carbons (Fsp3) is 0.471. The molecular formula is C17H23N3O4. The van der Waals surface area contributed by atoms with Gasteiger partial charge in [-0.05, 0) is 31.9 Å². The monoisotopic (exact) mass is 333 g/mol. The van der Waals surface area contributed by atoms with Crippen molar-refractivity contribution in [2.75, 3.05) is 13.2 Å². The third kappa shape index (κ3) is 4.71. The summed E-state index contributed by atoms with van der Waals surface area (Å²) in [6.45, 7) is 2.32. The van der Waals surface area contributed by atoms with Crippen LogP contribution in [0.25, 0.3) is 0 Å². The molecule has 1 aromatic rings. The molecule has 0 radical (unpaired) electrons. The largest absolute Gasteiger partial charge is 0.493 e. The number of likely N-dealkylation sites (tertiary alicyclic amines) is 1. The number of carbonyl (C=O) groups excluding carboxylic acids is 3. The summed E-state index contributed by atoms with van der Waals surface area (Å²) in [6.07, 6.45) is 1.46. The Balaban J connectivity index is 1.76. The van der Waals surface area contributed by atoms with Gasteiger partial charge in [0.2, 0.25) is 17.7 Å². The summed E-state index contributed by atoms with van der Waals surface area (Å²) in [6, 6.07) is 7.92. The van der Waals surface area contributed by atoms with Crippen molar-refractivity contribution in [3.05, 3.63) is 30.3 Å². The lowest BCUT2D eigenvalue weighted by Gasteiger charge is -2.25. The van der Waals surface area contributed by atoms with Crippen LogP contribution >= 0.6 is 0 Å². The van der Waals surface area contributed by atoms with E-state index in [0.29, 0.717) is 18.7 Å². The molecule has 3 N–H and O–H groups in total. The Labute approximate surface area is 141 Å². The van der Waals surface area contributed by atoms with Gasteiger partial charge in [-0.1, -0.05) is 18.2 Å². The summed E-state index contributed by atoms with van der Waals surface area (Å²) >= 11 is 0. The number of para-hydroxylation sites is 1. The first-order valence-electron chi connectivity index (χ1n) is 8.06. The molecule has 1 aromatic carbocycles. The summed E-state index contributed by atoms with van der Waals surface area (Å²) in [5.41, 5.74) is 5.31. The first kappa shape index (κ1) is 17.8. The van der Waals surface area contributed by atoms with Crippen LogP contribution in [0.5, 0.6) is 5.75 Å². The number of nitrogens with zero attached hydrogens (tertiary/aromatic N) is 1. The molecule has 7 nitrogen and oxygen atoms in total. The van der Waals surface area contributed by atoms with E-state index in [9.17, 15) is 14.4 Å². The Hall–Kier alpha value is -2.57. The smallest absolute Gasteiger partial charge is 0.245 e. The number of primary amides is 1. The van der Waals surface area contributed by atoms with E-state index in [1.165, 1.54) is 4.90 Å². The predicted octanol–water partition coefficient (Wildman–Crippen LogP) is 0.437. The van der Waals surface area contributed by atoms with Crippen molar-refractivity contribution in [3.8, 4) is 5.75 Å². The maximum absolute atomic E-state index is 12.4. The molecule has 0 aromatic heterocycles. The quantitative estimate of drug-likeness (QED) is 0.756. The highest BCUT2D eigenvalue weighted by Gasteiger charge is 2.34. The summed E-state index contributed by atoms with van der Waals surface area (Å²) in [7, 11) is 0. The fourth-order valence-corrected chi connectivity index (χ4v) is 2.73. The average molecular weight is 333 g/mol. The Morgan fingerprint density at radius 1 is 1.33 bits per heavy atom. The molecule has 130 valence electrons. The maximum Gasteiger partial charge on any atom is 0.245 e. The standard InChI is InChI=1S/C17H23N3O4/c1-12(17(23)20-10-5-8-14(20)16(18)22)19-15(21)9-11-24-13-6-3-2-4-7-13/h2-4,6-7,12,14H,5,8-11H2,1H3,(H2,18,22)(H,19,21)/t12?,14-/m0/s1. The first-order valence-corrected chi connectivity index (χ1v) is 8.06. The van der Waals surface area contributed by atoms with Gasteiger partial charge in [0.25, 0.3) is 0 Å². The number of benzene rings is 1. The minimum atomic E-state index is -0.700. The minimum absolute atomic E-state index is 0.145. The van der Waals surface area contributed by atoms with Gasteiger partial charge < -0.3 is 20.7 Å². The van der Waals surface area contributed by atoms with Crippen molar-refractivity contribution < 1.29 is 19.1 Å². The lowest BCUT2D eigenvalue weighted by Crippen LogP contribution is -2.51. The lowest BCUT2D eigenvalue weighted by atomic mass is 10.2. The number of nitrogens with one attached hydrogen (secondary N) is 1. The molecule has 1 fully saturated rings. The van der Waals surface area contributed by atoms with Crippen LogP contribution in [0.1, 0.15) is 26.2 Å². The third-order valence-corrected chi connectivity index (χ3v) is 3.95. The van der Waals surface area contributed by atoms with Gasteiger partial charge in [-0.2, -0.15) is 0 Å². The van der Waals surface area contributed by atoms with E-state index >= 15 is 0 Å². The highest BCUT2D eigenvalue weighted by atomic mass is 16.5. The van der Waals surface area contributed by atoms with Gasteiger partial charge in [-0.15, -0.1) is 0 Å². The van der Waals surface area contributed by atoms with Gasteiger partial charge in [-0.3, -0.25) is 14.4 Å². The molecule has 0 saturated carbocycles. The van der Waals surface area contributed by atoms with Crippen LogP contribution in [0.2, 0.25) is 0 Å². The lowest BCUT2D eigenvalue weighted by molar-refractivity contribution is -0.140. The highest BCUT2D eigenvalue weighted by Crippen LogP contribution is 2.18. The van der Waals surface area contributed by atoms with E-state index in [1.54, 1.807) is 19.1 Å². The normalized spacial score (nSPS) is 18.0. The van der Waals surface area contributed by atoms with Crippen molar-refractivity contribution >= 4 is 17.7 Å². The van der Waals surface area contributed by atoms with E-state index in [2.05, 4.69) is 5.32 Å². The molecule has 1 aliphatic rings. The van der Waals surface area contributed by atoms with Gasteiger partial charge in [0.15, 0.2) is 0 Å². The number of ether oxygens (including phenoxy) is 1. The Morgan fingerprint density at radius 2 is 2.04 bits per heavy atom. The number of carbonyl (C=O) groups is 3. The Bertz CT molecular complexity index is 591. The van der Waals surface area contributed by atoms with Gasteiger partial charge >= 0.3 is 0 Å². The number of hydrogen-bond donors (Lipinski definition) is 2. The van der Waals surface area contributed by atoms with Crippen LogP contribution in [0.3, 0.4) is 0 Å². The topological polar surface area (TPSA) is 102 Å². The highest BCUT2D eigenvalue weighted by molar-refractivity contribution is 5.91. The molecule has 24 heavy (non-hydrogen) atoms. The van der Waals surface area contributed by atoms with Gasteiger partial charge in [0.1, 0.15) is 17.8 Å². The second-order valence-corrected chi connectivity index (χ2v) is 5.79. The molecule has 0 bridgehead atoms. The van der Waals surface area contributed by atoms with Crippen LogP contribution in [0.15, 0.2) is 30.3 Å². The van der Waals surface area contributed by atoms with Crippen molar-refractivity contribution in [2.45, 2.75) is 38.3 Å². The van der Waals surface area contributed by atoms with Crippen LogP contribution < -0.4 is 15.8 Å². The fourth-order valence-electron chi connectivity index (χ4n) is 2.73. The molecule has 2 atom stereocenters. The predicted molar refractivity (Wildman–Crippen MR) is 88.1 cm³/mol. The molecule has 0 aliphatic carbocycles. The van der Waals surface area contributed by atoms with Crippen molar-refractivity contribution in [1.29, 1.82) is 0 Å². The SMILES string of the molecule is CC(NC(=O)CCOc1ccccc1)C(=O)N1CCC[C@H]1C(N)=O. The number of amides is 3. The molecule has 3 amide bonds. The van der Waals surface area contributed by atoms with Gasteiger partial charge in [0, 0.05) is 6.54 Å². The summed E-state index contributed by atoms with van der Waals surface area (Å²) in [5, 5.41) is 2.64. The van der Waals surface area contributed by atoms with Crippen molar-refractivity contribution in [2.24, 2.45) is 5.73 Å². The molecule has 0 spiro atoms. The van der Waals surface area contributed by atoms with E-state index in [4.69, 9.17) is 10.5 Å². The zero-order chi connectivity index (χ0) is 17.5. The maximum atomic E-state index is 12.4. The second-order valence-electron chi connectivity index (χ2n) is 5.79. The first-order chi connectivity index (χ1) is 11.5.